The van der Waals surface area contributed by atoms with Crippen LogP contribution < -0.4 is 25.3 Å². The van der Waals surface area contributed by atoms with Crippen LogP contribution >= 0.6 is 12.2 Å². The van der Waals surface area contributed by atoms with E-state index in [1.165, 1.54) is 82.1 Å². The SMILES string of the molecule is CC1CCCCN1c1cc(N2CCCCCC2)nc(NC(=S)NCc2ccc(N3CCCC3)cc2)n1. The van der Waals surface area contributed by atoms with Gasteiger partial charge in [-0.1, -0.05) is 25.0 Å². The van der Waals surface area contributed by atoms with E-state index in [-0.39, 0.29) is 0 Å². The van der Waals surface area contributed by atoms with Crippen molar-refractivity contribution in [3.05, 3.63) is 35.9 Å². The first-order valence-corrected chi connectivity index (χ1v) is 14.4. The number of anilines is 4. The number of rotatable bonds is 6. The van der Waals surface area contributed by atoms with Gasteiger partial charge in [0.2, 0.25) is 5.95 Å². The van der Waals surface area contributed by atoms with Crippen LogP contribution in [0.5, 0.6) is 0 Å². The van der Waals surface area contributed by atoms with Gasteiger partial charge in [-0.15, -0.1) is 0 Å². The Morgan fingerprint density at radius 1 is 0.833 bits per heavy atom. The molecular weight excluding hydrogens is 466 g/mol. The third-order valence-corrected chi connectivity index (χ3v) is 8.06. The minimum absolute atomic E-state index is 0.493. The molecule has 0 amide bonds. The minimum atomic E-state index is 0.493. The van der Waals surface area contributed by atoms with E-state index < -0.39 is 0 Å². The lowest BCUT2D eigenvalue weighted by Crippen LogP contribution is -2.38. The van der Waals surface area contributed by atoms with E-state index in [4.69, 9.17) is 22.2 Å². The summed E-state index contributed by atoms with van der Waals surface area (Å²) in [5.41, 5.74) is 2.53. The number of benzene rings is 1. The molecule has 0 radical (unpaired) electrons. The number of aromatic nitrogens is 2. The number of hydrogen-bond donors (Lipinski definition) is 2. The average molecular weight is 508 g/mol. The van der Waals surface area contributed by atoms with Crippen LogP contribution in [-0.2, 0) is 6.54 Å². The molecule has 1 atom stereocenters. The first-order valence-electron chi connectivity index (χ1n) is 14.0. The summed E-state index contributed by atoms with van der Waals surface area (Å²) in [6.07, 6.45) is 11.4. The molecule has 0 saturated carbocycles. The fraction of sp³-hybridized carbons (Fsp3) is 0.607. The number of piperidine rings is 1. The van der Waals surface area contributed by atoms with Gasteiger partial charge in [-0.25, -0.2) is 0 Å². The molecule has 1 unspecified atom stereocenters. The lowest BCUT2D eigenvalue weighted by Gasteiger charge is -2.35. The van der Waals surface area contributed by atoms with E-state index in [1.54, 1.807) is 0 Å². The lowest BCUT2D eigenvalue weighted by molar-refractivity contribution is 0.481. The quantitative estimate of drug-likeness (QED) is 0.510. The Kier molecular flexibility index (Phi) is 8.41. The Labute approximate surface area is 221 Å². The molecule has 3 aliphatic heterocycles. The normalized spacial score (nSPS) is 20.8. The molecular formula is C28H41N7S. The molecule has 2 aromatic rings. The fourth-order valence-electron chi connectivity index (χ4n) is 5.65. The van der Waals surface area contributed by atoms with E-state index in [0.717, 1.165) is 31.3 Å². The van der Waals surface area contributed by atoms with Gasteiger partial charge >= 0.3 is 0 Å². The second-order valence-corrected chi connectivity index (χ2v) is 10.9. The Hall–Kier alpha value is -2.61. The van der Waals surface area contributed by atoms with E-state index in [1.807, 2.05) is 0 Å². The van der Waals surface area contributed by atoms with Gasteiger partial charge in [0, 0.05) is 57.1 Å². The molecule has 1 aromatic heterocycles. The minimum Gasteiger partial charge on any atom is -0.372 e. The van der Waals surface area contributed by atoms with E-state index in [9.17, 15) is 0 Å². The number of nitrogens with one attached hydrogen (secondary N) is 2. The Bertz CT molecular complexity index is 997. The van der Waals surface area contributed by atoms with E-state index in [0.29, 0.717) is 23.6 Å². The van der Waals surface area contributed by atoms with E-state index in [2.05, 4.69) is 62.6 Å². The molecule has 1 aromatic carbocycles. The van der Waals surface area contributed by atoms with Gasteiger partial charge in [0.05, 0.1) is 0 Å². The Balaban J connectivity index is 1.26. The largest absolute Gasteiger partial charge is 0.372 e. The maximum atomic E-state index is 5.66. The highest BCUT2D eigenvalue weighted by atomic mass is 32.1. The summed E-state index contributed by atoms with van der Waals surface area (Å²) in [7, 11) is 0. The molecule has 4 heterocycles. The standard InChI is InChI=1S/C28H41N7S/c1-22-10-4-7-19-35(22)26-20-25(34-17-5-2-3-6-18-34)30-27(31-26)32-28(36)29-21-23-11-13-24(14-12-23)33-15-8-9-16-33/h11-14,20,22H,2-10,15-19,21H2,1H3,(H2,29,30,31,32,36). The van der Waals surface area contributed by atoms with Gasteiger partial charge in [0.1, 0.15) is 11.6 Å². The van der Waals surface area contributed by atoms with Gasteiger partial charge < -0.3 is 25.3 Å². The zero-order valence-electron chi connectivity index (χ0n) is 21.7. The highest BCUT2D eigenvalue weighted by molar-refractivity contribution is 7.80. The van der Waals surface area contributed by atoms with Crippen LogP contribution in [0.4, 0.5) is 23.3 Å². The van der Waals surface area contributed by atoms with Crippen molar-refractivity contribution in [1.29, 1.82) is 0 Å². The maximum absolute atomic E-state index is 5.66. The summed E-state index contributed by atoms with van der Waals surface area (Å²) in [6, 6.07) is 11.5. The highest BCUT2D eigenvalue weighted by Gasteiger charge is 2.23. The molecule has 0 bridgehead atoms. The molecule has 36 heavy (non-hydrogen) atoms. The molecule has 0 spiro atoms. The summed E-state index contributed by atoms with van der Waals surface area (Å²) in [6.45, 7) is 8.48. The smallest absolute Gasteiger partial charge is 0.232 e. The summed E-state index contributed by atoms with van der Waals surface area (Å²) < 4.78 is 0. The zero-order chi connectivity index (χ0) is 24.7. The summed E-state index contributed by atoms with van der Waals surface area (Å²) in [5, 5.41) is 7.21. The number of hydrogen-bond acceptors (Lipinski definition) is 6. The van der Waals surface area contributed by atoms with Crippen molar-refractivity contribution in [3.63, 3.8) is 0 Å². The summed E-state index contributed by atoms with van der Waals surface area (Å²) >= 11 is 5.66. The average Bonchev–Trinajstić information content (AvgIpc) is 3.30. The van der Waals surface area contributed by atoms with Gasteiger partial charge in [-0.05, 0) is 81.8 Å². The van der Waals surface area contributed by atoms with Crippen molar-refractivity contribution in [2.75, 3.05) is 52.7 Å². The number of nitrogens with zero attached hydrogens (tertiary/aromatic N) is 5. The molecule has 3 saturated heterocycles. The topological polar surface area (TPSA) is 59.6 Å². The predicted octanol–water partition coefficient (Wildman–Crippen LogP) is 5.32. The molecule has 194 valence electrons. The fourth-order valence-corrected chi connectivity index (χ4v) is 5.82. The van der Waals surface area contributed by atoms with Gasteiger partial charge in [-0.3, -0.25) is 0 Å². The van der Waals surface area contributed by atoms with Crippen molar-refractivity contribution in [2.24, 2.45) is 0 Å². The molecule has 3 fully saturated rings. The Morgan fingerprint density at radius 2 is 1.47 bits per heavy atom. The Morgan fingerprint density at radius 3 is 2.19 bits per heavy atom. The monoisotopic (exact) mass is 507 g/mol. The van der Waals surface area contributed by atoms with Crippen molar-refractivity contribution in [3.8, 4) is 0 Å². The molecule has 5 rings (SSSR count). The summed E-state index contributed by atoms with van der Waals surface area (Å²) in [5.74, 6) is 2.62. The van der Waals surface area contributed by atoms with Crippen LogP contribution in [-0.4, -0.2) is 53.8 Å². The van der Waals surface area contributed by atoms with Crippen LogP contribution in [0, 0.1) is 0 Å². The van der Waals surface area contributed by atoms with Gasteiger partial charge in [-0.2, -0.15) is 9.97 Å². The third-order valence-electron chi connectivity index (χ3n) is 7.81. The maximum Gasteiger partial charge on any atom is 0.232 e. The van der Waals surface area contributed by atoms with Crippen molar-refractivity contribution >= 4 is 40.6 Å². The van der Waals surface area contributed by atoms with Gasteiger partial charge in [0.15, 0.2) is 5.11 Å². The molecule has 8 heteroatoms. The molecule has 2 N–H and O–H groups in total. The van der Waals surface area contributed by atoms with Crippen molar-refractivity contribution in [1.82, 2.24) is 15.3 Å². The van der Waals surface area contributed by atoms with Gasteiger partial charge in [0.25, 0.3) is 0 Å². The molecule has 0 aliphatic carbocycles. The lowest BCUT2D eigenvalue weighted by atomic mass is 10.0. The van der Waals surface area contributed by atoms with Crippen LogP contribution in [0.3, 0.4) is 0 Å². The third kappa shape index (κ3) is 6.38. The van der Waals surface area contributed by atoms with Crippen LogP contribution in [0.1, 0.15) is 70.3 Å². The molecule has 3 aliphatic rings. The predicted molar refractivity (Wildman–Crippen MR) is 154 cm³/mol. The first-order chi connectivity index (χ1) is 17.7. The number of thiocarbonyl (C=S) groups is 1. The second-order valence-electron chi connectivity index (χ2n) is 10.5. The first kappa shape index (κ1) is 25.1. The van der Waals surface area contributed by atoms with Crippen LogP contribution in [0.25, 0.3) is 0 Å². The zero-order valence-corrected chi connectivity index (χ0v) is 22.5. The van der Waals surface area contributed by atoms with E-state index >= 15 is 0 Å². The second kappa shape index (κ2) is 12.1. The summed E-state index contributed by atoms with van der Waals surface area (Å²) in [4.78, 5) is 17.2. The molecule has 7 nitrogen and oxygen atoms in total. The van der Waals surface area contributed by atoms with Crippen molar-refractivity contribution in [2.45, 2.75) is 77.3 Å². The van der Waals surface area contributed by atoms with Crippen molar-refractivity contribution < 1.29 is 0 Å². The van der Waals surface area contributed by atoms with Crippen LogP contribution in [0.15, 0.2) is 30.3 Å². The van der Waals surface area contributed by atoms with Crippen LogP contribution in [0.2, 0.25) is 0 Å². The highest BCUT2D eigenvalue weighted by Crippen LogP contribution is 2.28.